The molecule has 1 heterocycles. The molecule has 0 saturated heterocycles. The first-order chi connectivity index (χ1) is 9.99. The largest absolute Gasteiger partial charge is 0.315 e. The number of hydrogen-bond donors (Lipinski definition) is 2. The second kappa shape index (κ2) is 9.45. The molecule has 1 aromatic rings. The smallest absolute Gasteiger partial charge is 0.243 e. The highest BCUT2D eigenvalue weighted by Gasteiger charge is 2.16. The van der Waals surface area contributed by atoms with Crippen molar-refractivity contribution in [2.24, 2.45) is 0 Å². The lowest BCUT2D eigenvalue weighted by atomic mass is 10.3. The van der Waals surface area contributed by atoms with Gasteiger partial charge in [0.15, 0.2) is 0 Å². The van der Waals surface area contributed by atoms with E-state index in [4.69, 9.17) is 0 Å². The summed E-state index contributed by atoms with van der Waals surface area (Å²) >= 11 is 1.73. The van der Waals surface area contributed by atoms with E-state index in [2.05, 4.69) is 29.0 Å². The number of hydrogen-bond acceptors (Lipinski definition) is 5. The van der Waals surface area contributed by atoms with Gasteiger partial charge in [-0.2, -0.15) is 16.9 Å². The molecule has 1 rings (SSSR count). The van der Waals surface area contributed by atoms with Gasteiger partial charge in [-0.15, -0.1) is 0 Å². The van der Waals surface area contributed by atoms with Gasteiger partial charge >= 0.3 is 0 Å². The minimum absolute atomic E-state index is 0.231. The molecule has 122 valence electrons. The Kier molecular flexibility index (Phi) is 8.31. The van der Waals surface area contributed by atoms with E-state index < -0.39 is 10.0 Å². The summed E-state index contributed by atoms with van der Waals surface area (Å²) in [5, 5.41) is 7.79. The maximum absolute atomic E-state index is 12.1. The predicted molar refractivity (Wildman–Crippen MR) is 88.2 cm³/mol. The molecule has 6 nitrogen and oxygen atoms in total. The molecule has 21 heavy (non-hydrogen) atoms. The monoisotopic (exact) mass is 334 g/mol. The predicted octanol–water partition coefficient (Wildman–Crippen LogP) is 1.30. The highest BCUT2D eigenvalue weighted by Crippen LogP contribution is 2.10. The molecule has 0 aliphatic carbocycles. The van der Waals surface area contributed by atoms with Crippen molar-refractivity contribution < 1.29 is 8.42 Å². The van der Waals surface area contributed by atoms with Crippen molar-refractivity contribution in [3.8, 4) is 0 Å². The van der Waals surface area contributed by atoms with Crippen LogP contribution in [0.15, 0.2) is 17.3 Å². The van der Waals surface area contributed by atoms with Gasteiger partial charge in [0.1, 0.15) is 4.90 Å². The molecule has 1 atom stereocenters. The van der Waals surface area contributed by atoms with Crippen LogP contribution in [0.5, 0.6) is 0 Å². The molecule has 1 unspecified atom stereocenters. The molecule has 1 aromatic heterocycles. The minimum atomic E-state index is -3.44. The Labute approximate surface area is 132 Å². The molecule has 8 heteroatoms. The third kappa shape index (κ3) is 6.82. The summed E-state index contributed by atoms with van der Waals surface area (Å²) in [6, 6.07) is 0. The zero-order chi connectivity index (χ0) is 15.7. The highest BCUT2D eigenvalue weighted by atomic mass is 32.2. The summed E-state index contributed by atoms with van der Waals surface area (Å²) in [6.07, 6.45) is 6.90. The fourth-order valence-corrected chi connectivity index (χ4v) is 3.05. The lowest BCUT2D eigenvalue weighted by Crippen LogP contribution is -2.26. The van der Waals surface area contributed by atoms with E-state index in [-0.39, 0.29) is 4.90 Å². The van der Waals surface area contributed by atoms with E-state index in [1.54, 1.807) is 22.6 Å². The average Bonchev–Trinajstić information content (AvgIpc) is 2.93. The van der Waals surface area contributed by atoms with Crippen molar-refractivity contribution in [1.29, 1.82) is 0 Å². The molecule has 0 saturated carbocycles. The van der Waals surface area contributed by atoms with Gasteiger partial charge < -0.3 is 5.32 Å². The van der Waals surface area contributed by atoms with Crippen molar-refractivity contribution in [2.75, 3.05) is 25.9 Å². The van der Waals surface area contributed by atoms with Gasteiger partial charge in [-0.05, 0) is 25.6 Å². The molecule has 0 spiro atoms. The molecule has 0 fully saturated rings. The molecular formula is C13H26N4O2S2. The lowest BCUT2D eigenvalue weighted by molar-refractivity contribution is 0.551. The first-order valence-corrected chi connectivity index (χ1v) is 10.0. The van der Waals surface area contributed by atoms with Gasteiger partial charge in [-0.3, -0.25) is 4.68 Å². The summed E-state index contributed by atoms with van der Waals surface area (Å²) < 4.78 is 28.5. The molecule has 0 aliphatic rings. The van der Waals surface area contributed by atoms with Crippen LogP contribution in [0.25, 0.3) is 0 Å². The van der Waals surface area contributed by atoms with Crippen LogP contribution in [0, 0.1) is 0 Å². The van der Waals surface area contributed by atoms with Crippen LogP contribution in [0.4, 0.5) is 0 Å². The molecule has 0 bridgehead atoms. The standard InChI is InChI=1S/C13H26N4O2S2/c1-4-6-14-8-9-17-11-13(10-15-17)21(18,19)16-7-5-12(2)20-3/h10-12,14,16H,4-9H2,1-3H3. The van der Waals surface area contributed by atoms with Crippen LogP contribution in [-0.4, -0.2) is 49.3 Å². The zero-order valence-electron chi connectivity index (χ0n) is 13.0. The van der Waals surface area contributed by atoms with Gasteiger partial charge in [0.05, 0.1) is 12.7 Å². The summed E-state index contributed by atoms with van der Waals surface area (Å²) in [7, 11) is -3.44. The first-order valence-electron chi connectivity index (χ1n) is 7.25. The minimum Gasteiger partial charge on any atom is -0.315 e. The van der Waals surface area contributed by atoms with Crippen LogP contribution < -0.4 is 10.0 Å². The topological polar surface area (TPSA) is 76.0 Å². The fourth-order valence-electron chi connectivity index (χ4n) is 1.70. The van der Waals surface area contributed by atoms with Crippen LogP contribution >= 0.6 is 11.8 Å². The fraction of sp³-hybridized carbons (Fsp3) is 0.769. The summed E-state index contributed by atoms with van der Waals surface area (Å²) in [5.41, 5.74) is 0. The maximum atomic E-state index is 12.1. The second-order valence-corrected chi connectivity index (χ2v) is 7.96. The SMILES string of the molecule is CCCNCCn1cc(S(=O)(=O)NCCC(C)SC)cn1. The normalized spacial score (nSPS) is 13.5. The summed E-state index contributed by atoms with van der Waals surface area (Å²) in [4.78, 5) is 0.231. The molecule has 0 radical (unpaired) electrons. The third-order valence-electron chi connectivity index (χ3n) is 3.11. The molecular weight excluding hydrogens is 308 g/mol. The number of nitrogens with zero attached hydrogens (tertiary/aromatic N) is 2. The Morgan fingerprint density at radius 1 is 1.38 bits per heavy atom. The summed E-state index contributed by atoms with van der Waals surface area (Å²) in [5.74, 6) is 0. The van der Waals surface area contributed by atoms with Gasteiger partial charge in [-0.1, -0.05) is 13.8 Å². The van der Waals surface area contributed by atoms with Crippen LogP contribution in [0.3, 0.4) is 0 Å². The Hall–Kier alpha value is -0.570. The lowest BCUT2D eigenvalue weighted by Gasteiger charge is -2.08. The Morgan fingerprint density at radius 2 is 2.14 bits per heavy atom. The maximum Gasteiger partial charge on any atom is 0.243 e. The van der Waals surface area contributed by atoms with Gasteiger partial charge in [-0.25, -0.2) is 13.1 Å². The van der Waals surface area contributed by atoms with Gasteiger partial charge in [0, 0.05) is 24.5 Å². The van der Waals surface area contributed by atoms with Crippen LogP contribution in [-0.2, 0) is 16.6 Å². The second-order valence-electron chi connectivity index (χ2n) is 4.92. The van der Waals surface area contributed by atoms with Gasteiger partial charge in [0.25, 0.3) is 0 Å². The highest BCUT2D eigenvalue weighted by molar-refractivity contribution is 7.99. The van der Waals surface area contributed by atoms with Crippen molar-refractivity contribution in [2.45, 2.75) is 43.4 Å². The van der Waals surface area contributed by atoms with Crippen molar-refractivity contribution in [3.63, 3.8) is 0 Å². The Morgan fingerprint density at radius 3 is 2.81 bits per heavy atom. The first kappa shape index (κ1) is 18.5. The quantitative estimate of drug-likeness (QED) is 0.597. The van der Waals surface area contributed by atoms with E-state index in [9.17, 15) is 8.42 Å². The molecule has 0 aromatic carbocycles. The van der Waals surface area contributed by atoms with Crippen molar-refractivity contribution in [3.05, 3.63) is 12.4 Å². The molecule has 2 N–H and O–H groups in total. The number of rotatable bonds is 11. The van der Waals surface area contributed by atoms with Gasteiger partial charge in [0.2, 0.25) is 10.0 Å². The average molecular weight is 335 g/mol. The van der Waals surface area contributed by atoms with Crippen LogP contribution in [0.1, 0.15) is 26.7 Å². The van der Waals surface area contributed by atoms with Crippen molar-refractivity contribution >= 4 is 21.8 Å². The summed E-state index contributed by atoms with van der Waals surface area (Å²) in [6.45, 7) is 7.05. The number of aromatic nitrogens is 2. The third-order valence-corrected chi connectivity index (χ3v) is 5.57. The Balaban J connectivity index is 2.46. The van der Waals surface area contributed by atoms with E-state index in [0.717, 1.165) is 25.9 Å². The van der Waals surface area contributed by atoms with Crippen molar-refractivity contribution in [1.82, 2.24) is 19.8 Å². The number of nitrogens with one attached hydrogen (secondary N) is 2. The van der Waals surface area contributed by atoms with Crippen LogP contribution in [0.2, 0.25) is 0 Å². The molecule has 0 amide bonds. The van der Waals surface area contributed by atoms with E-state index in [1.807, 2.05) is 6.26 Å². The number of thioether (sulfide) groups is 1. The zero-order valence-corrected chi connectivity index (χ0v) is 14.6. The van der Waals surface area contributed by atoms with E-state index in [0.29, 0.717) is 18.3 Å². The Bertz CT molecular complexity index is 502. The number of sulfonamides is 1. The molecule has 0 aliphatic heterocycles. The van der Waals surface area contributed by atoms with E-state index >= 15 is 0 Å². The van der Waals surface area contributed by atoms with E-state index in [1.165, 1.54) is 6.20 Å².